The molecule has 0 spiro atoms. The molecule has 0 bridgehead atoms. The van der Waals surface area contributed by atoms with E-state index < -0.39 is 0 Å². The van der Waals surface area contributed by atoms with Gasteiger partial charge in [0.2, 0.25) is 6.79 Å². The molecule has 24 heavy (non-hydrogen) atoms. The van der Waals surface area contributed by atoms with Crippen LogP contribution in [0.1, 0.15) is 35.3 Å². The second-order valence-electron chi connectivity index (χ2n) is 6.10. The van der Waals surface area contributed by atoms with Crippen LogP contribution in [0.2, 0.25) is 0 Å². The van der Waals surface area contributed by atoms with Gasteiger partial charge < -0.3 is 14.8 Å². The third kappa shape index (κ3) is 3.96. The minimum atomic E-state index is -0.0907. The summed E-state index contributed by atoms with van der Waals surface area (Å²) in [5.74, 6) is 1.89. The molecule has 0 aliphatic carbocycles. The summed E-state index contributed by atoms with van der Waals surface area (Å²) >= 11 is 0. The first-order chi connectivity index (χ1) is 11.6. The fourth-order valence-electron chi connectivity index (χ4n) is 2.38. The van der Waals surface area contributed by atoms with Crippen LogP contribution in [0.15, 0.2) is 48.5 Å². The summed E-state index contributed by atoms with van der Waals surface area (Å²) in [5.41, 5.74) is 2.72. The SMILES string of the molecule is CC(C)C=Cc1ccc(C(=O)NCc2ccc3c(c2)OCO3)cc1. The number of carbonyl (C=O) groups is 1. The van der Waals surface area contributed by atoms with Gasteiger partial charge in [0.25, 0.3) is 5.91 Å². The van der Waals surface area contributed by atoms with E-state index in [0.29, 0.717) is 18.0 Å². The van der Waals surface area contributed by atoms with Crippen molar-refractivity contribution >= 4 is 12.0 Å². The minimum absolute atomic E-state index is 0.0907. The molecule has 0 aromatic heterocycles. The molecule has 1 aliphatic heterocycles. The van der Waals surface area contributed by atoms with Gasteiger partial charge in [0, 0.05) is 12.1 Å². The van der Waals surface area contributed by atoms with E-state index in [1.807, 2.05) is 42.5 Å². The average Bonchev–Trinajstić information content (AvgIpc) is 3.06. The Bertz CT molecular complexity index is 748. The summed E-state index contributed by atoms with van der Waals surface area (Å²) in [7, 11) is 0. The zero-order chi connectivity index (χ0) is 16.9. The number of allylic oxidation sites excluding steroid dienone is 1. The van der Waals surface area contributed by atoms with Crippen molar-refractivity contribution in [2.24, 2.45) is 5.92 Å². The Labute approximate surface area is 142 Å². The van der Waals surface area contributed by atoms with Crippen molar-refractivity contribution in [1.29, 1.82) is 0 Å². The van der Waals surface area contributed by atoms with Gasteiger partial charge in [0.05, 0.1) is 0 Å². The molecule has 0 unspecified atom stereocenters. The molecule has 0 fully saturated rings. The molecule has 1 heterocycles. The summed E-state index contributed by atoms with van der Waals surface area (Å²) < 4.78 is 10.6. The first-order valence-electron chi connectivity index (χ1n) is 8.07. The van der Waals surface area contributed by atoms with Crippen LogP contribution in [-0.2, 0) is 6.54 Å². The fourth-order valence-corrected chi connectivity index (χ4v) is 2.38. The molecule has 0 atom stereocenters. The highest BCUT2D eigenvalue weighted by molar-refractivity contribution is 5.94. The summed E-state index contributed by atoms with van der Waals surface area (Å²) in [4.78, 5) is 12.2. The maximum absolute atomic E-state index is 12.2. The van der Waals surface area contributed by atoms with Crippen molar-refractivity contribution in [2.45, 2.75) is 20.4 Å². The molecular formula is C20H21NO3. The summed E-state index contributed by atoms with van der Waals surface area (Å²) in [6.07, 6.45) is 4.20. The van der Waals surface area contributed by atoms with E-state index in [2.05, 4.69) is 31.3 Å². The second-order valence-corrected chi connectivity index (χ2v) is 6.10. The van der Waals surface area contributed by atoms with Gasteiger partial charge >= 0.3 is 0 Å². The first-order valence-corrected chi connectivity index (χ1v) is 8.07. The third-order valence-corrected chi connectivity index (χ3v) is 3.74. The number of fused-ring (bicyclic) bond motifs is 1. The lowest BCUT2D eigenvalue weighted by atomic mass is 10.1. The van der Waals surface area contributed by atoms with Crippen LogP contribution in [0.5, 0.6) is 11.5 Å². The van der Waals surface area contributed by atoms with Crippen LogP contribution in [0.25, 0.3) is 6.08 Å². The molecule has 2 aromatic rings. The van der Waals surface area contributed by atoms with Crippen LogP contribution in [0.3, 0.4) is 0 Å². The van der Waals surface area contributed by atoms with Gasteiger partial charge in [0.1, 0.15) is 0 Å². The maximum atomic E-state index is 12.2. The predicted molar refractivity (Wildman–Crippen MR) is 94.0 cm³/mol. The number of carbonyl (C=O) groups excluding carboxylic acids is 1. The first kappa shape index (κ1) is 16.1. The second kappa shape index (κ2) is 7.21. The van der Waals surface area contributed by atoms with E-state index in [4.69, 9.17) is 9.47 Å². The van der Waals surface area contributed by atoms with E-state index >= 15 is 0 Å². The third-order valence-electron chi connectivity index (χ3n) is 3.74. The Balaban J connectivity index is 1.58. The average molecular weight is 323 g/mol. The van der Waals surface area contributed by atoms with Gasteiger partial charge in [-0.2, -0.15) is 0 Å². The fraction of sp³-hybridized carbons (Fsp3) is 0.250. The number of nitrogens with one attached hydrogen (secondary N) is 1. The van der Waals surface area contributed by atoms with Gasteiger partial charge in [-0.05, 0) is 41.3 Å². The van der Waals surface area contributed by atoms with Crippen LogP contribution in [0, 0.1) is 5.92 Å². The lowest BCUT2D eigenvalue weighted by Gasteiger charge is -2.07. The Kier molecular flexibility index (Phi) is 4.85. The molecule has 0 radical (unpaired) electrons. The van der Waals surface area contributed by atoms with Crippen molar-refractivity contribution in [3.8, 4) is 11.5 Å². The smallest absolute Gasteiger partial charge is 0.251 e. The van der Waals surface area contributed by atoms with Gasteiger partial charge in [0.15, 0.2) is 11.5 Å². The maximum Gasteiger partial charge on any atom is 0.251 e. The predicted octanol–water partition coefficient (Wildman–Crippen LogP) is 4.01. The summed E-state index contributed by atoms with van der Waals surface area (Å²) in [5, 5.41) is 2.92. The van der Waals surface area contributed by atoms with E-state index in [-0.39, 0.29) is 12.7 Å². The number of hydrogen-bond acceptors (Lipinski definition) is 3. The standard InChI is InChI=1S/C20H21NO3/c1-14(2)3-4-15-5-8-17(9-6-15)20(22)21-12-16-7-10-18-19(11-16)24-13-23-18/h3-11,14H,12-13H2,1-2H3,(H,21,22). The van der Waals surface area contributed by atoms with Crippen molar-refractivity contribution in [3.05, 3.63) is 65.2 Å². The lowest BCUT2D eigenvalue weighted by Crippen LogP contribution is -2.22. The van der Waals surface area contributed by atoms with Crippen LogP contribution >= 0.6 is 0 Å². The van der Waals surface area contributed by atoms with Gasteiger partial charge in [-0.3, -0.25) is 4.79 Å². The van der Waals surface area contributed by atoms with E-state index in [9.17, 15) is 4.79 Å². The molecule has 2 aromatic carbocycles. The zero-order valence-corrected chi connectivity index (χ0v) is 13.9. The van der Waals surface area contributed by atoms with Crippen molar-refractivity contribution < 1.29 is 14.3 Å². The Hall–Kier alpha value is -2.75. The molecular weight excluding hydrogens is 302 g/mol. The molecule has 0 saturated carbocycles. The number of amides is 1. The van der Waals surface area contributed by atoms with E-state index in [1.165, 1.54) is 0 Å². The van der Waals surface area contributed by atoms with Gasteiger partial charge in [-0.15, -0.1) is 0 Å². The molecule has 0 saturated heterocycles. The number of benzene rings is 2. The van der Waals surface area contributed by atoms with E-state index in [1.54, 1.807) is 0 Å². The van der Waals surface area contributed by atoms with Gasteiger partial charge in [-0.25, -0.2) is 0 Å². The van der Waals surface area contributed by atoms with Crippen molar-refractivity contribution in [2.75, 3.05) is 6.79 Å². The molecule has 124 valence electrons. The molecule has 3 rings (SSSR count). The molecule has 1 amide bonds. The highest BCUT2D eigenvalue weighted by atomic mass is 16.7. The molecule has 1 N–H and O–H groups in total. The molecule has 1 aliphatic rings. The zero-order valence-electron chi connectivity index (χ0n) is 13.9. The number of ether oxygens (including phenoxy) is 2. The van der Waals surface area contributed by atoms with Gasteiger partial charge in [-0.1, -0.05) is 44.2 Å². The molecule has 4 heteroatoms. The number of rotatable bonds is 5. The summed E-state index contributed by atoms with van der Waals surface area (Å²) in [6.45, 7) is 4.97. The number of hydrogen-bond donors (Lipinski definition) is 1. The molecule has 4 nitrogen and oxygen atoms in total. The van der Waals surface area contributed by atoms with Crippen molar-refractivity contribution in [1.82, 2.24) is 5.32 Å². The van der Waals surface area contributed by atoms with Crippen molar-refractivity contribution in [3.63, 3.8) is 0 Å². The Morgan fingerprint density at radius 3 is 2.62 bits per heavy atom. The van der Waals surface area contributed by atoms with E-state index in [0.717, 1.165) is 22.6 Å². The Morgan fingerprint density at radius 2 is 1.88 bits per heavy atom. The minimum Gasteiger partial charge on any atom is -0.454 e. The highest BCUT2D eigenvalue weighted by Gasteiger charge is 2.13. The van der Waals surface area contributed by atoms with Crippen LogP contribution < -0.4 is 14.8 Å². The normalized spacial score (nSPS) is 12.8. The quantitative estimate of drug-likeness (QED) is 0.904. The monoisotopic (exact) mass is 323 g/mol. The largest absolute Gasteiger partial charge is 0.454 e. The Morgan fingerprint density at radius 1 is 1.12 bits per heavy atom. The highest BCUT2D eigenvalue weighted by Crippen LogP contribution is 2.32. The topological polar surface area (TPSA) is 47.6 Å². The van der Waals surface area contributed by atoms with Crippen LogP contribution in [-0.4, -0.2) is 12.7 Å². The lowest BCUT2D eigenvalue weighted by molar-refractivity contribution is 0.0951. The summed E-state index contributed by atoms with van der Waals surface area (Å²) in [6, 6.07) is 13.3. The van der Waals surface area contributed by atoms with Crippen LogP contribution in [0.4, 0.5) is 0 Å².